The third-order valence-corrected chi connectivity index (χ3v) is 1.47. The second-order valence-corrected chi connectivity index (χ2v) is 2.56. The Morgan fingerprint density at radius 1 is 1.36 bits per heavy atom. The quantitative estimate of drug-likeness (QED) is 0.485. The zero-order valence-corrected chi connectivity index (χ0v) is 5.74. The van der Waals surface area contributed by atoms with Crippen molar-refractivity contribution >= 4 is 0 Å². The van der Waals surface area contributed by atoms with Crippen molar-refractivity contribution in [2.24, 2.45) is 0 Å². The van der Waals surface area contributed by atoms with E-state index in [1.165, 1.54) is 0 Å². The molecule has 2 atom stereocenters. The Labute approximate surface area is 61.2 Å². The first-order valence-corrected chi connectivity index (χ1v) is 3.02. The largest absolute Gasteiger partial charge is 0.239 e. The van der Waals surface area contributed by atoms with Crippen LogP contribution in [0.5, 0.6) is 0 Å². The molecule has 0 aromatic carbocycles. The lowest BCUT2D eigenvalue weighted by Crippen LogP contribution is -2.30. The van der Waals surface area contributed by atoms with Crippen molar-refractivity contribution in [1.82, 2.24) is 0 Å². The van der Waals surface area contributed by atoms with Crippen LogP contribution >= 0.6 is 0 Å². The van der Waals surface area contributed by atoms with Gasteiger partial charge in [-0.3, -0.25) is 0 Å². The normalized spacial score (nSPS) is 38.1. The van der Waals surface area contributed by atoms with Gasteiger partial charge in [0, 0.05) is 0 Å². The molecule has 1 aliphatic carbocycles. The number of allylic oxidation sites excluding steroid dienone is 4. The van der Waals surface area contributed by atoms with Crippen LogP contribution in [0.15, 0.2) is 23.8 Å². The first-order chi connectivity index (χ1) is 4.93. The van der Waals surface area contributed by atoms with Gasteiger partial charge in [-0.2, -0.15) is 0 Å². The van der Waals surface area contributed by atoms with E-state index in [2.05, 4.69) is 0 Å². The smallest absolute Gasteiger partial charge is 0.164 e. The van der Waals surface area contributed by atoms with E-state index in [4.69, 9.17) is 0 Å². The molecule has 0 saturated heterocycles. The van der Waals surface area contributed by atoms with E-state index in [0.29, 0.717) is 6.08 Å². The van der Waals surface area contributed by atoms with Crippen LogP contribution in [0.25, 0.3) is 0 Å². The van der Waals surface area contributed by atoms with E-state index >= 15 is 0 Å². The highest BCUT2D eigenvalue weighted by Gasteiger charge is 2.36. The van der Waals surface area contributed by atoms with Crippen LogP contribution in [0.2, 0.25) is 0 Å². The fraction of sp³-hybridized carbons (Fsp3) is 0.429. The Balaban J connectivity index is 2.98. The molecule has 0 spiro atoms. The van der Waals surface area contributed by atoms with E-state index in [9.17, 15) is 17.6 Å². The summed E-state index contributed by atoms with van der Waals surface area (Å²) in [7, 11) is 0. The highest BCUT2D eigenvalue weighted by atomic mass is 19.2. The second kappa shape index (κ2) is 2.36. The Morgan fingerprint density at radius 3 is 2.36 bits per heavy atom. The van der Waals surface area contributed by atoms with Crippen molar-refractivity contribution in [2.75, 3.05) is 0 Å². The van der Waals surface area contributed by atoms with Gasteiger partial charge < -0.3 is 0 Å². The highest BCUT2D eigenvalue weighted by molar-refractivity contribution is 5.31. The predicted molar refractivity (Wildman–Crippen MR) is 32.8 cm³/mol. The average molecular weight is 166 g/mol. The number of alkyl halides is 2. The molecule has 1 aliphatic rings. The predicted octanol–water partition coefficient (Wildman–Crippen LogP) is 2.77. The first kappa shape index (κ1) is 8.30. The van der Waals surface area contributed by atoms with Crippen LogP contribution in [0.4, 0.5) is 17.6 Å². The zero-order chi connectivity index (χ0) is 8.65. The highest BCUT2D eigenvalue weighted by Crippen LogP contribution is 2.32. The van der Waals surface area contributed by atoms with Crippen molar-refractivity contribution in [3.8, 4) is 0 Å². The molecule has 0 N–H and O–H groups in total. The van der Waals surface area contributed by atoms with E-state index in [-0.39, 0.29) is 6.08 Å². The minimum absolute atomic E-state index is 0.287. The van der Waals surface area contributed by atoms with Crippen LogP contribution in [0.3, 0.4) is 0 Å². The van der Waals surface area contributed by atoms with E-state index in [0.717, 1.165) is 6.92 Å². The molecular formula is C7H6F4. The summed E-state index contributed by atoms with van der Waals surface area (Å²) in [4.78, 5) is 0. The molecule has 2 unspecified atom stereocenters. The molecular weight excluding hydrogens is 160 g/mol. The molecule has 1 rings (SSSR count). The van der Waals surface area contributed by atoms with Gasteiger partial charge in [-0.1, -0.05) is 0 Å². The second-order valence-electron chi connectivity index (χ2n) is 2.56. The van der Waals surface area contributed by atoms with E-state index < -0.39 is 23.5 Å². The molecule has 0 fully saturated rings. The molecule has 0 nitrogen and oxygen atoms in total. The molecule has 4 heteroatoms. The van der Waals surface area contributed by atoms with Crippen LogP contribution in [0.1, 0.15) is 6.92 Å². The lowest BCUT2D eigenvalue weighted by Gasteiger charge is -2.21. The molecule has 62 valence electrons. The fourth-order valence-electron chi connectivity index (χ4n) is 0.767. The van der Waals surface area contributed by atoms with Gasteiger partial charge in [0.25, 0.3) is 0 Å². The van der Waals surface area contributed by atoms with Crippen molar-refractivity contribution in [2.45, 2.75) is 18.8 Å². The Morgan fingerprint density at radius 2 is 1.91 bits per heavy atom. The molecule has 0 radical (unpaired) electrons. The fourth-order valence-corrected chi connectivity index (χ4v) is 0.767. The van der Waals surface area contributed by atoms with Crippen molar-refractivity contribution in [1.29, 1.82) is 0 Å². The monoisotopic (exact) mass is 166 g/mol. The van der Waals surface area contributed by atoms with Gasteiger partial charge in [-0.15, -0.1) is 0 Å². The molecule has 11 heavy (non-hydrogen) atoms. The summed E-state index contributed by atoms with van der Waals surface area (Å²) in [6, 6.07) is 0. The third kappa shape index (κ3) is 1.44. The third-order valence-electron chi connectivity index (χ3n) is 1.47. The first-order valence-electron chi connectivity index (χ1n) is 3.02. The number of halogens is 4. The maximum atomic E-state index is 12.8. The van der Waals surface area contributed by atoms with Gasteiger partial charge in [0.05, 0.1) is 0 Å². The summed E-state index contributed by atoms with van der Waals surface area (Å²) in [6.07, 6.45) is -1.52. The summed E-state index contributed by atoms with van der Waals surface area (Å²) in [5, 5.41) is 0. The van der Waals surface area contributed by atoms with Gasteiger partial charge in [0.15, 0.2) is 23.5 Å². The van der Waals surface area contributed by atoms with Crippen LogP contribution in [0, 0.1) is 0 Å². The summed E-state index contributed by atoms with van der Waals surface area (Å²) < 4.78 is 49.7. The van der Waals surface area contributed by atoms with Gasteiger partial charge in [-0.05, 0) is 19.1 Å². The Bertz CT molecular complexity index is 227. The molecule has 0 bridgehead atoms. The zero-order valence-electron chi connectivity index (χ0n) is 5.74. The minimum atomic E-state index is -2.43. The molecule has 0 aromatic heterocycles. The summed E-state index contributed by atoms with van der Waals surface area (Å²) in [6.45, 7) is 0.847. The van der Waals surface area contributed by atoms with Gasteiger partial charge in [0.1, 0.15) is 0 Å². The molecule has 0 amide bonds. The maximum absolute atomic E-state index is 12.8. The SMILES string of the molecule is CC1(F)C=C(F)C(F)=CC1F. The van der Waals surface area contributed by atoms with Gasteiger partial charge in [0.2, 0.25) is 0 Å². The van der Waals surface area contributed by atoms with E-state index in [1.54, 1.807) is 0 Å². The van der Waals surface area contributed by atoms with Crippen LogP contribution in [-0.4, -0.2) is 11.8 Å². The molecule has 0 heterocycles. The molecule has 0 aromatic rings. The van der Waals surface area contributed by atoms with Gasteiger partial charge in [-0.25, -0.2) is 17.6 Å². The number of rotatable bonds is 0. The number of hydrogen-bond acceptors (Lipinski definition) is 0. The molecule has 0 aliphatic heterocycles. The van der Waals surface area contributed by atoms with Crippen LogP contribution in [-0.2, 0) is 0 Å². The lowest BCUT2D eigenvalue weighted by molar-refractivity contribution is 0.137. The van der Waals surface area contributed by atoms with Crippen molar-refractivity contribution < 1.29 is 17.6 Å². The lowest BCUT2D eigenvalue weighted by atomic mass is 9.97. The summed E-state index contributed by atoms with van der Waals surface area (Å²) in [5.74, 6) is -2.68. The summed E-state index contributed by atoms with van der Waals surface area (Å²) in [5.41, 5.74) is -2.43. The van der Waals surface area contributed by atoms with Crippen LogP contribution < -0.4 is 0 Å². The van der Waals surface area contributed by atoms with E-state index in [1.807, 2.05) is 0 Å². The van der Waals surface area contributed by atoms with Crippen molar-refractivity contribution in [3.05, 3.63) is 23.8 Å². The standard InChI is InChI=1S/C7H6F4/c1-7(11)3-5(9)4(8)2-6(7)10/h2-3,6H,1H3. The Kier molecular flexibility index (Phi) is 1.78. The van der Waals surface area contributed by atoms with Gasteiger partial charge >= 0.3 is 0 Å². The topological polar surface area (TPSA) is 0 Å². The summed E-state index contributed by atoms with van der Waals surface area (Å²) >= 11 is 0. The Hall–Kier alpha value is -0.800. The molecule has 0 saturated carbocycles. The minimum Gasteiger partial charge on any atom is -0.239 e. The number of hydrogen-bond donors (Lipinski definition) is 0. The maximum Gasteiger partial charge on any atom is 0.164 e. The van der Waals surface area contributed by atoms with Crippen molar-refractivity contribution in [3.63, 3.8) is 0 Å². The average Bonchev–Trinajstić information content (AvgIpc) is 1.83.